The third-order valence-electron chi connectivity index (χ3n) is 4.00. The highest BCUT2D eigenvalue weighted by Crippen LogP contribution is 2.29. The van der Waals surface area contributed by atoms with Crippen LogP contribution in [0.5, 0.6) is 0 Å². The summed E-state index contributed by atoms with van der Waals surface area (Å²) in [5.74, 6) is 0. The summed E-state index contributed by atoms with van der Waals surface area (Å²) in [6.45, 7) is 6.89. The zero-order valence-electron chi connectivity index (χ0n) is 11.6. The van der Waals surface area contributed by atoms with Crippen LogP contribution in [0.4, 0.5) is 8.78 Å². The van der Waals surface area contributed by atoms with Crippen molar-refractivity contribution in [3.05, 3.63) is 35.4 Å². The first-order chi connectivity index (χ1) is 8.88. The van der Waals surface area contributed by atoms with Crippen molar-refractivity contribution in [3.8, 4) is 0 Å². The molecule has 0 aliphatic carbocycles. The number of alkyl halides is 2. The number of likely N-dealkylation sites (tertiary alicyclic amines) is 1. The van der Waals surface area contributed by atoms with Crippen LogP contribution in [0.2, 0.25) is 0 Å². The summed E-state index contributed by atoms with van der Waals surface area (Å²) in [6.07, 6.45) is -1.44. The molecule has 1 saturated heterocycles. The Hall–Kier alpha value is -1.00. The molecule has 2 rings (SSSR count). The zero-order chi connectivity index (χ0) is 14.0. The molecule has 0 saturated carbocycles. The maximum atomic E-state index is 12.7. The van der Waals surface area contributed by atoms with Crippen LogP contribution in [0.3, 0.4) is 0 Å². The van der Waals surface area contributed by atoms with Gasteiger partial charge in [-0.25, -0.2) is 8.78 Å². The van der Waals surface area contributed by atoms with E-state index >= 15 is 0 Å². The minimum Gasteiger partial charge on any atom is -0.327 e. The van der Waals surface area contributed by atoms with Gasteiger partial charge in [-0.1, -0.05) is 32.0 Å². The zero-order valence-corrected chi connectivity index (χ0v) is 11.6. The molecule has 1 fully saturated rings. The fourth-order valence-electron chi connectivity index (χ4n) is 2.71. The van der Waals surface area contributed by atoms with Crippen LogP contribution in [-0.2, 0) is 6.54 Å². The van der Waals surface area contributed by atoms with E-state index in [4.69, 9.17) is 5.73 Å². The van der Waals surface area contributed by atoms with Gasteiger partial charge in [-0.3, -0.25) is 4.90 Å². The van der Waals surface area contributed by atoms with Gasteiger partial charge in [-0.2, -0.15) is 0 Å². The maximum absolute atomic E-state index is 12.7. The van der Waals surface area contributed by atoms with Gasteiger partial charge in [0, 0.05) is 31.2 Å². The molecule has 0 bridgehead atoms. The van der Waals surface area contributed by atoms with Crippen LogP contribution in [-0.4, -0.2) is 24.0 Å². The molecule has 4 heteroatoms. The van der Waals surface area contributed by atoms with E-state index in [1.807, 2.05) is 6.07 Å². The third-order valence-corrected chi connectivity index (χ3v) is 4.00. The Bertz CT molecular complexity index is 432. The molecule has 0 aromatic heterocycles. The van der Waals surface area contributed by atoms with Crippen molar-refractivity contribution >= 4 is 0 Å². The molecule has 1 unspecified atom stereocenters. The third kappa shape index (κ3) is 3.51. The Labute approximate surface area is 113 Å². The van der Waals surface area contributed by atoms with Crippen molar-refractivity contribution in [1.29, 1.82) is 0 Å². The lowest BCUT2D eigenvalue weighted by Crippen LogP contribution is -2.52. The van der Waals surface area contributed by atoms with Crippen molar-refractivity contribution < 1.29 is 8.78 Å². The largest absolute Gasteiger partial charge is 0.327 e. The molecular formula is C15H22F2N2. The summed E-state index contributed by atoms with van der Waals surface area (Å²) in [4.78, 5) is 2.30. The van der Waals surface area contributed by atoms with E-state index in [1.54, 1.807) is 12.1 Å². The first kappa shape index (κ1) is 14.4. The molecule has 1 aliphatic rings. The first-order valence-electron chi connectivity index (χ1n) is 6.73. The summed E-state index contributed by atoms with van der Waals surface area (Å²) >= 11 is 0. The number of halogens is 2. The Morgan fingerprint density at radius 3 is 2.79 bits per heavy atom. The average Bonchev–Trinajstić information content (AvgIpc) is 2.34. The van der Waals surface area contributed by atoms with E-state index in [0.717, 1.165) is 31.6 Å². The van der Waals surface area contributed by atoms with Crippen molar-refractivity contribution in [1.82, 2.24) is 4.90 Å². The fourth-order valence-corrected chi connectivity index (χ4v) is 2.71. The van der Waals surface area contributed by atoms with E-state index in [2.05, 4.69) is 18.7 Å². The Morgan fingerprint density at radius 1 is 1.42 bits per heavy atom. The average molecular weight is 268 g/mol. The number of benzene rings is 1. The van der Waals surface area contributed by atoms with Gasteiger partial charge in [0.1, 0.15) is 0 Å². The molecule has 1 aromatic carbocycles. The molecule has 1 aliphatic heterocycles. The lowest BCUT2D eigenvalue weighted by atomic mass is 9.79. The minimum atomic E-state index is -2.40. The monoisotopic (exact) mass is 268 g/mol. The topological polar surface area (TPSA) is 29.3 Å². The molecule has 2 N–H and O–H groups in total. The second-order valence-electron chi connectivity index (χ2n) is 6.14. The Morgan fingerprint density at radius 2 is 2.16 bits per heavy atom. The molecule has 106 valence electrons. The smallest absolute Gasteiger partial charge is 0.263 e. The normalized spacial score (nSPS) is 23.8. The van der Waals surface area contributed by atoms with Crippen LogP contribution >= 0.6 is 0 Å². The lowest BCUT2D eigenvalue weighted by molar-refractivity contribution is 0.0897. The number of nitrogens with two attached hydrogens (primary N) is 1. The summed E-state index contributed by atoms with van der Waals surface area (Å²) in [5.41, 5.74) is 7.24. The number of nitrogens with zero attached hydrogens (tertiary/aromatic N) is 1. The summed E-state index contributed by atoms with van der Waals surface area (Å²) in [7, 11) is 0. The van der Waals surface area contributed by atoms with Crippen LogP contribution in [0, 0.1) is 5.41 Å². The second-order valence-corrected chi connectivity index (χ2v) is 6.14. The first-order valence-corrected chi connectivity index (χ1v) is 6.73. The number of piperidine rings is 1. The molecule has 1 atom stereocenters. The molecule has 1 aromatic rings. The van der Waals surface area contributed by atoms with Gasteiger partial charge in [0.2, 0.25) is 0 Å². The van der Waals surface area contributed by atoms with E-state index in [0.29, 0.717) is 0 Å². The summed E-state index contributed by atoms with van der Waals surface area (Å²) < 4.78 is 25.3. The van der Waals surface area contributed by atoms with Gasteiger partial charge >= 0.3 is 0 Å². The summed E-state index contributed by atoms with van der Waals surface area (Å²) in [5, 5.41) is 0. The van der Waals surface area contributed by atoms with Crippen LogP contribution in [0.15, 0.2) is 24.3 Å². The predicted octanol–water partition coefficient (Wildman–Crippen LogP) is 3.18. The van der Waals surface area contributed by atoms with Gasteiger partial charge in [0.15, 0.2) is 0 Å². The van der Waals surface area contributed by atoms with Crippen molar-refractivity contribution in [3.63, 3.8) is 0 Å². The van der Waals surface area contributed by atoms with E-state index in [-0.39, 0.29) is 17.0 Å². The fraction of sp³-hybridized carbons (Fsp3) is 0.600. The minimum absolute atomic E-state index is 0.0819. The molecular weight excluding hydrogens is 246 g/mol. The van der Waals surface area contributed by atoms with Crippen molar-refractivity contribution in [2.75, 3.05) is 13.1 Å². The number of hydrogen-bond donors (Lipinski definition) is 1. The SMILES string of the molecule is CC1(C)CN(Cc2cccc(C(F)F)c2)CCC1N. The van der Waals surface area contributed by atoms with Crippen molar-refractivity contribution in [2.24, 2.45) is 11.1 Å². The van der Waals surface area contributed by atoms with Gasteiger partial charge in [0.05, 0.1) is 0 Å². The highest BCUT2D eigenvalue weighted by Gasteiger charge is 2.33. The van der Waals surface area contributed by atoms with Crippen molar-refractivity contribution in [2.45, 2.75) is 39.3 Å². The Balaban J connectivity index is 2.03. The highest BCUT2D eigenvalue weighted by molar-refractivity contribution is 5.24. The number of rotatable bonds is 3. The quantitative estimate of drug-likeness (QED) is 0.912. The predicted molar refractivity (Wildman–Crippen MR) is 73.0 cm³/mol. The van der Waals surface area contributed by atoms with Gasteiger partial charge in [0.25, 0.3) is 6.43 Å². The number of hydrogen-bond acceptors (Lipinski definition) is 2. The maximum Gasteiger partial charge on any atom is 0.263 e. The van der Waals surface area contributed by atoms with Gasteiger partial charge in [-0.15, -0.1) is 0 Å². The molecule has 0 amide bonds. The van der Waals surface area contributed by atoms with Crippen LogP contribution < -0.4 is 5.73 Å². The standard InChI is InChI=1S/C15H22F2N2/c1-15(2)10-19(7-6-13(15)18)9-11-4-3-5-12(8-11)14(16)17/h3-5,8,13-14H,6-7,9-10,18H2,1-2H3. The lowest BCUT2D eigenvalue weighted by Gasteiger charge is -2.42. The van der Waals surface area contributed by atoms with E-state index < -0.39 is 6.43 Å². The van der Waals surface area contributed by atoms with Gasteiger partial charge in [-0.05, 0) is 23.5 Å². The highest BCUT2D eigenvalue weighted by atomic mass is 19.3. The van der Waals surface area contributed by atoms with Crippen LogP contribution in [0.1, 0.15) is 37.8 Å². The molecule has 19 heavy (non-hydrogen) atoms. The van der Waals surface area contributed by atoms with Gasteiger partial charge < -0.3 is 5.73 Å². The molecule has 0 spiro atoms. The second kappa shape index (κ2) is 5.55. The molecule has 2 nitrogen and oxygen atoms in total. The van der Waals surface area contributed by atoms with E-state index in [1.165, 1.54) is 6.07 Å². The molecule has 0 radical (unpaired) electrons. The van der Waals surface area contributed by atoms with E-state index in [9.17, 15) is 8.78 Å². The molecule has 1 heterocycles. The van der Waals surface area contributed by atoms with Crippen LogP contribution in [0.25, 0.3) is 0 Å². The summed E-state index contributed by atoms with van der Waals surface area (Å²) in [6, 6.07) is 6.91. The Kier molecular flexibility index (Phi) is 4.21.